The molecule has 0 aliphatic rings. The zero-order valence-electron chi connectivity index (χ0n) is 17.4. The molecule has 1 amide bonds. The molecular formula is C21H20F3N5O3. The number of aromatic nitrogens is 4. The Balaban J connectivity index is 1.60. The third kappa shape index (κ3) is 7.11. The summed E-state index contributed by atoms with van der Waals surface area (Å²) >= 11 is 0. The van der Waals surface area contributed by atoms with Gasteiger partial charge in [0.25, 0.3) is 0 Å². The highest BCUT2D eigenvalue weighted by Gasteiger charge is 2.31. The van der Waals surface area contributed by atoms with Crippen LogP contribution in [-0.4, -0.2) is 37.7 Å². The second-order valence-electron chi connectivity index (χ2n) is 7.61. The lowest BCUT2D eigenvalue weighted by Gasteiger charge is -2.19. The molecule has 2 heterocycles. The molecule has 0 aliphatic carbocycles. The lowest BCUT2D eigenvalue weighted by atomic mass is 10.1. The molecule has 1 N–H and O–H groups in total. The minimum Gasteiger partial charge on any atom is -0.410 e. The summed E-state index contributed by atoms with van der Waals surface area (Å²) < 4.78 is 47.0. The van der Waals surface area contributed by atoms with Crippen LogP contribution in [0.4, 0.5) is 18.0 Å². The molecule has 0 fully saturated rings. The van der Waals surface area contributed by atoms with Gasteiger partial charge < -0.3 is 14.8 Å². The predicted molar refractivity (Wildman–Crippen MR) is 110 cm³/mol. The van der Waals surface area contributed by atoms with Gasteiger partial charge in [0.05, 0.1) is 6.20 Å². The van der Waals surface area contributed by atoms with Crippen LogP contribution >= 0.6 is 0 Å². The van der Waals surface area contributed by atoms with E-state index < -0.39 is 23.7 Å². The molecule has 1 aromatic carbocycles. The number of carbonyl (C=O) groups excluding carboxylic acids is 1. The van der Waals surface area contributed by atoms with E-state index in [0.717, 1.165) is 17.8 Å². The van der Waals surface area contributed by atoms with Crippen LogP contribution in [0.3, 0.4) is 0 Å². The number of benzene rings is 1. The maximum Gasteiger partial charge on any atom is 0.573 e. The van der Waals surface area contributed by atoms with Crippen LogP contribution in [0.25, 0.3) is 18.0 Å². The van der Waals surface area contributed by atoms with Crippen molar-refractivity contribution in [3.05, 3.63) is 60.3 Å². The van der Waals surface area contributed by atoms with E-state index >= 15 is 0 Å². The van der Waals surface area contributed by atoms with E-state index in [1.807, 2.05) is 20.8 Å². The summed E-state index contributed by atoms with van der Waals surface area (Å²) in [6, 6.07) is 9.29. The van der Waals surface area contributed by atoms with Gasteiger partial charge in [-0.05, 0) is 56.7 Å². The molecular weight excluding hydrogens is 427 g/mol. The fourth-order valence-corrected chi connectivity index (χ4v) is 2.42. The second-order valence-corrected chi connectivity index (χ2v) is 7.61. The van der Waals surface area contributed by atoms with Crippen molar-refractivity contribution >= 4 is 18.2 Å². The van der Waals surface area contributed by atoms with Crippen molar-refractivity contribution in [2.45, 2.75) is 32.7 Å². The Morgan fingerprint density at radius 1 is 1.00 bits per heavy atom. The zero-order chi connectivity index (χ0) is 23.4. The first-order valence-corrected chi connectivity index (χ1v) is 9.39. The number of carbonyl (C=O) groups is 1. The van der Waals surface area contributed by atoms with Crippen molar-refractivity contribution in [2.24, 2.45) is 0 Å². The molecule has 0 atom stereocenters. The molecule has 0 bridgehead atoms. The van der Waals surface area contributed by atoms with Crippen molar-refractivity contribution in [3.63, 3.8) is 0 Å². The highest BCUT2D eigenvalue weighted by molar-refractivity contribution is 5.72. The number of nitrogens with one attached hydrogen (secondary N) is 1. The first-order chi connectivity index (χ1) is 15.0. The summed E-state index contributed by atoms with van der Waals surface area (Å²) in [6.45, 7) is 5.56. The van der Waals surface area contributed by atoms with Crippen LogP contribution in [0.2, 0.25) is 0 Å². The maximum atomic E-state index is 12.2. The normalized spacial score (nSPS) is 12.1. The highest BCUT2D eigenvalue weighted by Crippen LogP contribution is 2.22. The van der Waals surface area contributed by atoms with E-state index in [1.54, 1.807) is 36.4 Å². The first kappa shape index (κ1) is 22.8. The standard InChI is InChI=1S/C21H20F3N5O3/c1-20(2,3)27-19(30)31-15-7-4-14(5-8-15)6-10-17-26-13-29(28-17)18-11-9-16(12-25-18)32-21(22,23)24/h4-13H,1-3H3,(H,27,30)/b10-6+. The van der Waals surface area contributed by atoms with Gasteiger partial charge in [-0.25, -0.2) is 19.4 Å². The van der Waals surface area contributed by atoms with Gasteiger partial charge in [0.2, 0.25) is 0 Å². The number of hydrogen-bond donors (Lipinski definition) is 1. The Morgan fingerprint density at radius 3 is 2.28 bits per heavy atom. The van der Waals surface area contributed by atoms with Gasteiger partial charge in [-0.3, -0.25) is 0 Å². The SMILES string of the molecule is CC(C)(C)NC(=O)Oc1ccc(/C=C/c2ncn(-c3ccc(OC(F)(F)F)cn3)n2)cc1. The van der Waals surface area contributed by atoms with Crippen molar-refractivity contribution in [1.82, 2.24) is 25.1 Å². The molecule has 0 saturated heterocycles. The lowest BCUT2D eigenvalue weighted by Crippen LogP contribution is -2.42. The van der Waals surface area contributed by atoms with Gasteiger partial charge in [-0.2, -0.15) is 0 Å². The minimum absolute atomic E-state index is 0.279. The van der Waals surface area contributed by atoms with E-state index in [4.69, 9.17) is 4.74 Å². The second kappa shape index (κ2) is 9.08. The van der Waals surface area contributed by atoms with Gasteiger partial charge in [0.15, 0.2) is 11.6 Å². The van der Waals surface area contributed by atoms with Gasteiger partial charge in [-0.1, -0.05) is 18.2 Å². The molecule has 0 radical (unpaired) electrons. The molecule has 32 heavy (non-hydrogen) atoms. The summed E-state index contributed by atoms with van der Waals surface area (Å²) in [5.74, 6) is 0.620. The molecule has 2 aromatic heterocycles. The predicted octanol–water partition coefficient (Wildman–Crippen LogP) is 4.62. The summed E-state index contributed by atoms with van der Waals surface area (Å²) in [6.07, 6.45) is 0.425. The smallest absolute Gasteiger partial charge is 0.410 e. The summed E-state index contributed by atoms with van der Waals surface area (Å²) in [5, 5.41) is 6.91. The van der Waals surface area contributed by atoms with Crippen molar-refractivity contribution in [3.8, 4) is 17.3 Å². The lowest BCUT2D eigenvalue weighted by molar-refractivity contribution is -0.274. The van der Waals surface area contributed by atoms with E-state index in [2.05, 4.69) is 25.1 Å². The topological polar surface area (TPSA) is 91.2 Å². The molecule has 11 heteroatoms. The molecule has 0 unspecified atom stereocenters. The molecule has 0 spiro atoms. The average Bonchev–Trinajstić information content (AvgIpc) is 3.14. The van der Waals surface area contributed by atoms with Gasteiger partial charge >= 0.3 is 12.5 Å². The van der Waals surface area contributed by atoms with Crippen LogP contribution in [0, 0.1) is 0 Å². The van der Waals surface area contributed by atoms with Crippen molar-refractivity contribution in [1.29, 1.82) is 0 Å². The van der Waals surface area contributed by atoms with E-state index in [0.29, 0.717) is 11.6 Å². The number of hydrogen-bond acceptors (Lipinski definition) is 6. The van der Waals surface area contributed by atoms with Crippen LogP contribution in [-0.2, 0) is 0 Å². The summed E-state index contributed by atoms with van der Waals surface area (Å²) in [7, 11) is 0. The van der Waals surface area contributed by atoms with Gasteiger partial charge in [-0.15, -0.1) is 18.3 Å². The highest BCUT2D eigenvalue weighted by atomic mass is 19.4. The Bertz CT molecular complexity index is 1090. The van der Waals surface area contributed by atoms with E-state index in [-0.39, 0.29) is 5.82 Å². The van der Waals surface area contributed by atoms with Crippen molar-refractivity contribution < 1.29 is 27.4 Å². The van der Waals surface area contributed by atoms with Crippen molar-refractivity contribution in [2.75, 3.05) is 0 Å². The maximum absolute atomic E-state index is 12.2. The molecule has 0 aliphatic heterocycles. The third-order valence-corrected chi connectivity index (χ3v) is 3.69. The Morgan fingerprint density at radius 2 is 1.69 bits per heavy atom. The van der Waals surface area contributed by atoms with E-state index in [9.17, 15) is 18.0 Å². The molecule has 3 aromatic rings. The summed E-state index contributed by atoms with van der Waals surface area (Å²) in [4.78, 5) is 19.8. The third-order valence-electron chi connectivity index (χ3n) is 3.69. The number of ether oxygens (including phenoxy) is 2. The largest absolute Gasteiger partial charge is 0.573 e. The fraction of sp³-hybridized carbons (Fsp3) is 0.238. The molecule has 3 rings (SSSR count). The minimum atomic E-state index is -4.78. The summed E-state index contributed by atoms with van der Waals surface area (Å²) in [5.41, 5.74) is 0.418. The van der Waals surface area contributed by atoms with Crippen LogP contribution in [0.5, 0.6) is 11.5 Å². The monoisotopic (exact) mass is 447 g/mol. The molecule has 0 saturated carbocycles. The Hall–Kier alpha value is -3.89. The Labute approximate surface area is 181 Å². The van der Waals surface area contributed by atoms with E-state index in [1.165, 1.54) is 17.1 Å². The fourth-order valence-electron chi connectivity index (χ4n) is 2.42. The van der Waals surface area contributed by atoms with Crippen LogP contribution < -0.4 is 14.8 Å². The zero-order valence-corrected chi connectivity index (χ0v) is 17.4. The van der Waals surface area contributed by atoms with Crippen LogP contribution in [0.15, 0.2) is 48.9 Å². The number of halogens is 3. The molecule has 8 nitrogen and oxygen atoms in total. The number of alkyl halides is 3. The number of amides is 1. The molecule has 168 valence electrons. The number of rotatable bonds is 5. The van der Waals surface area contributed by atoms with Gasteiger partial charge in [0.1, 0.15) is 17.8 Å². The quantitative estimate of drug-likeness (QED) is 0.614. The first-order valence-electron chi connectivity index (χ1n) is 9.39. The number of pyridine rings is 1. The van der Waals surface area contributed by atoms with Gasteiger partial charge in [0, 0.05) is 5.54 Å². The average molecular weight is 447 g/mol. The Kier molecular flexibility index (Phi) is 6.47. The van der Waals surface area contributed by atoms with Crippen LogP contribution in [0.1, 0.15) is 32.2 Å². The number of nitrogens with zero attached hydrogens (tertiary/aromatic N) is 4.